The minimum atomic E-state index is 0.297. The highest BCUT2D eigenvalue weighted by Gasteiger charge is 2.06. The van der Waals surface area contributed by atoms with Crippen molar-refractivity contribution in [1.29, 1.82) is 0 Å². The molecule has 1 heteroatoms. The molecule has 0 saturated carbocycles. The van der Waals surface area contributed by atoms with Gasteiger partial charge >= 0.3 is 0 Å². The Morgan fingerprint density at radius 2 is 1.29 bits per heavy atom. The van der Waals surface area contributed by atoms with Crippen LogP contribution in [0.25, 0.3) is 0 Å². The number of benzene rings is 1. The predicted molar refractivity (Wildman–Crippen MR) is 76.1 cm³/mol. The molecule has 0 aliphatic carbocycles. The Morgan fingerprint density at radius 1 is 0.824 bits per heavy atom. The molecule has 2 N–H and O–H groups in total. The summed E-state index contributed by atoms with van der Waals surface area (Å²) in [6.45, 7) is 8.97. The molecule has 1 rings (SSSR count). The highest BCUT2D eigenvalue weighted by atomic mass is 14.6. The van der Waals surface area contributed by atoms with E-state index in [1.54, 1.807) is 0 Å². The summed E-state index contributed by atoms with van der Waals surface area (Å²) >= 11 is 0. The van der Waals surface area contributed by atoms with Crippen LogP contribution in [0.1, 0.15) is 45.2 Å². The van der Waals surface area contributed by atoms with E-state index >= 15 is 0 Å². The first-order valence-corrected chi connectivity index (χ1v) is 6.80. The van der Waals surface area contributed by atoms with Crippen molar-refractivity contribution in [2.75, 3.05) is 0 Å². The van der Waals surface area contributed by atoms with Gasteiger partial charge in [0.05, 0.1) is 0 Å². The molecule has 1 nitrogen and oxygen atoms in total. The SMILES string of the molecule is CC(C)Cc1ccc(CC(N)CC(C)C)cc1. The van der Waals surface area contributed by atoms with E-state index in [0.717, 1.165) is 18.8 Å². The summed E-state index contributed by atoms with van der Waals surface area (Å²) in [5.41, 5.74) is 8.92. The number of nitrogens with two attached hydrogens (primary N) is 1. The molecule has 1 aromatic carbocycles. The van der Waals surface area contributed by atoms with Crippen LogP contribution in [0.5, 0.6) is 0 Å². The fourth-order valence-corrected chi connectivity index (χ4v) is 2.27. The normalized spacial score (nSPS) is 13.4. The van der Waals surface area contributed by atoms with Crippen molar-refractivity contribution in [2.24, 2.45) is 17.6 Å². The Morgan fingerprint density at radius 3 is 1.71 bits per heavy atom. The summed E-state index contributed by atoms with van der Waals surface area (Å²) in [6.07, 6.45) is 3.27. The molecule has 17 heavy (non-hydrogen) atoms. The largest absolute Gasteiger partial charge is 0.327 e. The van der Waals surface area contributed by atoms with Crippen LogP contribution in [0, 0.1) is 11.8 Å². The summed E-state index contributed by atoms with van der Waals surface area (Å²) < 4.78 is 0. The van der Waals surface area contributed by atoms with Gasteiger partial charge in [0.1, 0.15) is 0 Å². The van der Waals surface area contributed by atoms with E-state index in [4.69, 9.17) is 5.73 Å². The van der Waals surface area contributed by atoms with E-state index in [-0.39, 0.29) is 0 Å². The number of rotatable bonds is 6. The predicted octanol–water partition coefficient (Wildman–Crippen LogP) is 3.80. The van der Waals surface area contributed by atoms with Gasteiger partial charge in [0, 0.05) is 6.04 Å². The van der Waals surface area contributed by atoms with Crippen LogP contribution in [0.2, 0.25) is 0 Å². The van der Waals surface area contributed by atoms with Gasteiger partial charge < -0.3 is 5.73 Å². The average Bonchev–Trinajstić information content (AvgIpc) is 2.18. The van der Waals surface area contributed by atoms with Gasteiger partial charge in [0.2, 0.25) is 0 Å². The smallest absolute Gasteiger partial charge is 0.00817 e. The Balaban J connectivity index is 2.50. The van der Waals surface area contributed by atoms with E-state index in [1.165, 1.54) is 17.5 Å². The lowest BCUT2D eigenvalue weighted by Crippen LogP contribution is -2.24. The van der Waals surface area contributed by atoms with Gasteiger partial charge in [0.25, 0.3) is 0 Å². The number of hydrogen-bond acceptors (Lipinski definition) is 1. The Labute approximate surface area is 106 Å². The van der Waals surface area contributed by atoms with Crippen molar-refractivity contribution >= 4 is 0 Å². The van der Waals surface area contributed by atoms with Crippen LogP contribution in [0.3, 0.4) is 0 Å². The second-order valence-corrected chi connectivity index (χ2v) is 6.01. The molecule has 0 amide bonds. The zero-order chi connectivity index (χ0) is 12.8. The molecule has 96 valence electrons. The molecule has 1 unspecified atom stereocenters. The summed E-state index contributed by atoms with van der Waals surface area (Å²) in [4.78, 5) is 0. The third kappa shape index (κ3) is 5.88. The van der Waals surface area contributed by atoms with Crippen molar-refractivity contribution in [1.82, 2.24) is 0 Å². The monoisotopic (exact) mass is 233 g/mol. The summed E-state index contributed by atoms with van der Waals surface area (Å²) in [7, 11) is 0. The van der Waals surface area contributed by atoms with Crippen LogP contribution in [0.15, 0.2) is 24.3 Å². The topological polar surface area (TPSA) is 26.0 Å². The molecular formula is C16H27N. The van der Waals surface area contributed by atoms with Crippen molar-refractivity contribution < 1.29 is 0 Å². The standard InChI is InChI=1S/C16H27N/c1-12(2)9-14-5-7-15(8-6-14)11-16(17)10-13(3)4/h5-8,12-13,16H,9-11,17H2,1-4H3. The van der Waals surface area contributed by atoms with Gasteiger partial charge in [0.15, 0.2) is 0 Å². The lowest BCUT2D eigenvalue weighted by molar-refractivity contribution is 0.493. The maximum Gasteiger partial charge on any atom is 0.00817 e. The zero-order valence-electron chi connectivity index (χ0n) is 11.7. The van der Waals surface area contributed by atoms with E-state index in [9.17, 15) is 0 Å². The highest BCUT2D eigenvalue weighted by Crippen LogP contribution is 2.13. The van der Waals surface area contributed by atoms with E-state index < -0.39 is 0 Å². The Kier molecular flexibility index (Phi) is 5.70. The fourth-order valence-electron chi connectivity index (χ4n) is 2.27. The van der Waals surface area contributed by atoms with Crippen LogP contribution in [-0.2, 0) is 12.8 Å². The average molecular weight is 233 g/mol. The Bertz CT molecular complexity index is 311. The molecule has 0 bridgehead atoms. The van der Waals surface area contributed by atoms with Gasteiger partial charge in [-0.3, -0.25) is 0 Å². The van der Waals surface area contributed by atoms with Crippen LogP contribution in [0.4, 0.5) is 0 Å². The van der Waals surface area contributed by atoms with E-state index in [1.807, 2.05) is 0 Å². The minimum Gasteiger partial charge on any atom is -0.327 e. The minimum absolute atomic E-state index is 0.297. The summed E-state index contributed by atoms with van der Waals surface area (Å²) in [5, 5.41) is 0. The maximum absolute atomic E-state index is 6.13. The first-order chi connectivity index (χ1) is 7.97. The lowest BCUT2D eigenvalue weighted by Gasteiger charge is -2.14. The van der Waals surface area contributed by atoms with Crippen LogP contribution < -0.4 is 5.73 Å². The molecule has 1 aromatic rings. The van der Waals surface area contributed by atoms with Gasteiger partial charge in [-0.2, -0.15) is 0 Å². The van der Waals surface area contributed by atoms with E-state index in [2.05, 4.69) is 52.0 Å². The van der Waals surface area contributed by atoms with Crippen molar-refractivity contribution in [3.05, 3.63) is 35.4 Å². The second kappa shape index (κ2) is 6.80. The highest BCUT2D eigenvalue weighted by molar-refractivity contribution is 5.23. The summed E-state index contributed by atoms with van der Waals surface area (Å²) in [6, 6.07) is 9.26. The van der Waals surface area contributed by atoms with Crippen LogP contribution >= 0.6 is 0 Å². The molecule has 0 saturated heterocycles. The maximum atomic E-state index is 6.13. The molecule has 0 heterocycles. The van der Waals surface area contributed by atoms with Crippen molar-refractivity contribution in [3.8, 4) is 0 Å². The molecular weight excluding hydrogens is 206 g/mol. The molecule has 0 radical (unpaired) electrons. The quantitative estimate of drug-likeness (QED) is 0.794. The molecule has 0 aromatic heterocycles. The summed E-state index contributed by atoms with van der Waals surface area (Å²) in [5.74, 6) is 1.41. The third-order valence-electron chi connectivity index (χ3n) is 2.94. The first-order valence-electron chi connectivity index (χ1n) is 6.80. The fraction of sp³-hybridized carbons (Fsp3) is 0.625. The second-order valence-electron chi connectivity index (χ2n) is 6.01. The van der Waals surface area contributed by atoms with Crippen molar-refractivity contribution in [3.63, 3.8) is 0 Å². The molecule has 0 aliphatic rings. The number of hydrogen-bond donors (Lipinski definition) is 1. The molecule has 0 fully saturated rings. The molecule has 1 atom stereocenters. The molecule has 0 spiro atoms. The third-order valence-corrected chi connectivity index (χ3v) is 2.94. The van der Waals surface area contributed by atoms with Gasteiger partial charge in [-0.15, -0.1) is 0 Å². The van der Waals surface area contributed by atoms with E-state index in [0.29, 0.717) is 12.0 Å². The Hall–Kier alpha value is -0.820. The van der Waals surface area contributed by atoms with Gasteiger partial charge in [-0.1, -0.05) is 52.0 Å². The van der Waals surface area contributed by atoms with Gasteiger partial charge in [-0.05, 0) is 42.2 Å². The lowest BCUT2D eigenvalue weighted by atomic mass is 9.96. The van der Waals surface area contributed by atoms with Crippen LogP contribution in [-0.4, -0.2) is 6.04 Å². The first kappa shape index (κ1) is 14.2. The molecule has 0 aliphatic heterocycles. The zero-order valence-corrected chi connectivity index (χ0v) is 11.7. The van der Waals surface area contributed by atoms with Crippen molar-refractivity contribution in [2.45, 2.75) is 53.0 Å². The van der Waals surface area contributed by atoms with Gasteiger partial charge in [-0.25, -0.2) is 0 Å².